The van der Waals surface area contributed by atoms with E-state index in [0.717, 1.165) is 29.7 Å². The van der Waals surface area contributed by atoms with Gasteiger partial charge >= 0.3 is 0 Å². The van der Waals surface area contributed by atoms with Crippen LogP contribution in [0.3, 0.4) is 0 Å². The molecule has 4 rings (SSSR count). The Morgan fingerprint density at radius 2 is 2.07 bits per heavy atom. The topological polar surface area (TPSA) is 81.8 Å². The van der Waals surface area contributed by atoms with Gasteiger partial charge in [0, 0.05) is 26.2 Å². The Morgan fingerprint density at radius 3 is 2.82 bits per heavy atom. The van der Waals surface area contributed by atoms with Crippen molar-refractivity contribution in [3.8, 4) is 0 Å². The first kappa shape index (κ1) is 18.4. The number of nitrogens with one attached hydrogen (secondary N) is 1. The number of carbonyl (C=O) groups excluding carboxylic acids is 1. The summed E-state index contributed by atoms with van der Waals surface area (Å²) >= 11 is 1.23. The van der Waals surface area contributed by atoms with Gasteiger partial charge in [-0.25, -0.2) is 9.97 Å². The van der Waals surface area contributed by atoms with Gasteiger partial charge in [-0.3, -0.25) is 9.59 Å². The molecule has 7 nitrogen and oxygen atoms in total. The number of aromatic nitrogens is 4. The van der Waals surface area contributed by atoms with E-state index in [1.54, 1.807) is 14.0 Å². The number of aryl methyl sites for hydroxylation is 4. The Labute approximate surface area is 165 Å². The van der Waals surface area contributed by atoms with E-state index in [0.29, 0.717) is 26.3 Å². The van der Waals surface area contributed by atoms with Crippen molar-refractivity contribution in [1.82, 2.24) is 19.1 Å². The molecule has 1 aromatic carbocycles. The van der Waals surface area contributed by atoms with Crippen molar-refractivity contribution in [2.24, 2.45) is 14.1 Å². The van der Waals surface area contributed by atoms with Gasteiger partial charge in [0.05, 0.1) is 27.6 Å². The third-order valence-corrected chi connectivity index (χ3v) is 6.12. The smallest absolute Gasteiger partial charge is 0.266 e. The predicted molar refractivity (Wildman–Crippen MR) is 112 cm³/mol. The van der Waals surface area contributed by atoms with E-state index in [1.165, 1.54) is 22.2 Å². The molecule has 3 heterocycles. The van der Waals surface area contributed by atoms with Gasteiger partial charge in [-0.1, -0.05) is 6.92 Å². The van der Waals surface area contributed by atoms with Gasteiger partial charge in [-0.15, -0.1) is 11.3 Å². The number of rotatable bonds is 4. The Hall–Kier alpha value is -3.00. The quantitative estimate of drug-likeness (QED) is 0.574. The van der Waals surface area contributed by atoms with Crippen LogP contribution in [0.4, 0.5) is 5.69 Å². The summed E-state index contributed by atoms with van der Waals surface area (Å²) in [6.07, 6.45) is 3.42. The fourth-order valence-corrected chi connectivity index (χ4v) is 4.42. The minimum absolute atomic E-state index is 0.142. The van der Waals surface area contributed by atoms with Crippen LogP contribution >= 0.6 is 11.3 Å². The number of hydrogen-bond donors (Lipinski definition) is 1. The first-order valence-electron chi connectivity index (χ1n) is 9.12. The first-order valence-corrected chi connectivity index (χ1v) is 9.93. The lowest BCUT2D eigenvalue weighted by atomic mass is 10.2. The number of imidazole rings is 1. The van der Waals surface area contributed by atoms with Crippen LogP contribution in [0.15, 0.2) is 29.3 Å². The third kappa shape index (κ3) is 2.90. The van der Waals surface area contributed by atoms with E-state index in [-0.39, 0.29) is 11.5 Å². The average Bonchev–Trinajstić information content (AvgIpc) is 3.16. The van der Waals surface area contributed by atoms with Crippen LogP contribution in [0.5, 0.6) is 0 Å². The highest BCUT2D eigenvalue weighted by molar-refractivity contribution is 7.20. The van der Waals surface area contributed by atoms with Crippen molar-refractivity contribution in [2.75, 3.05) is 5.32 Å². The van der Waals surface area contributed by atoms with Gasteiger partial charge in [-0.2, -0.15) is 0 Å². The molecule has 0 unspecified atom stereocenters. The van der Waals surface area contributed by atoms with Crippen LogP contribution in [0, 0.1) is 6.92 Å². The van der Waals surface area contributed by atoms with E-state index >= 15 is 0 Å². The molecule has 0 spiro atoms. The second-order valence-electron chi connectivity index (χ2n) is 6.89. The number of benzene rings is 1. The number of anilines is 1. The van der Waals surface area contributed by atoms with Crippen molar-refractivity contribution in [1.29, 1.82) is 0 Å². The molecular formula is C20H21N5O2S. The number of nitrogens with zero attached hydrogens (tertiary/aromatic N) is 4. The summed E-state index contributed by atoms with van der Waals surface area (Å²) in [7, 11) is 3.66. The van der Waals surface area contributed by atoms with E-state index in [9.17, 15) is 9.59 Å². The van der Waals surface area contributed by atoms with Gasteiger partial charge in [-0.05, 0) is 37.1 Å². The molecule has 0 aliphatic carbocycles. The summed E-state index contributed by atoms with van der Waals surface area (Å²) in [6, 6.07) is 5.72. The summed E-state index contributed by atoms with van der Waals surface area (Å²) < 4.78 is 3.51. The molecule has 0 atom stereocenters. The van der Waals surface area contributed by atoms with Gasteiger partial charge in [0.2, 0.25) is 0 Å². The lowest BCUT2D eigenvalue weighted by Crippen LogP contribution is -2.17. The molecule has 1 N–H and O–H groups in total. The Bertz CT molecular complexity index is 1280. The highest BCUT2D eigenvalue weighted by Crippen LogP contribution is 2.28. The predicted octanol–water partition coefficient (Wildman–Crippen LogP) is 3.39. The number of carbonyl (C=O) groups is 1. The van der Waals surface area contributed by atoms with E-state index < -0.39 is 0 Å². The van der Waals surface area contributed by atoms with Crippen LogP contribution < -0.4 is 10.9 Å². The second kappa shape index (κ2) is 6.87. The molecule has 8 heteroatoms. The standard InChI is InChI=1S/C20H21N5O2S/c1-5-6-15-23-13-9-12(7-8-14(13)25(15)4)22-18(26)17-11(2)16-19(28-17)21-10-24(3)20(16)27/h7-10H,5-6H2,1-4H3,(H,22,26). The fourth-order valence-electron chi connectivity index (χ4n) is 3.39. The summed E-state index contributed by atoms with van der Waals surface area (Å²) in [5.41, 5.74) is 3.09. The molecule has 144 valence electrons. The van der Waals surface area contributed by atoms with Crippen LogP contribution in [-0.4, -0.2) is 25.0 Å². The summed E-state index contributed by atoms with van der Waals surface area (Å²) in [5, 5.41) is 3.44. The van der Waals surface area contributed by atoms with Gasteiger partial charge in [0.25, 0.3) is 11.5 Å². The SMILES string of the molecule is CCCc1nc2cc(NC(=O)c3sc4ncn(C)c(=O)c4c3C)ccc2n1C. The van der Waals surface area contributed by atoms with Crippen molar-refractivity contribution in [3.05, 3.63) is 51.1 Å². The molecule has 0 saturated carbocycles. The van der Waals surface area contributed by atoms with Gasteiger partial charge in [0.15, 0.2) is 0 Å². The molecule has 4 aromatic rings. The van der Waals surface area contributed by atoms with Crippen LogP contribution in [0.2, 0.25) is 0 Å². The Balaban J connectivity index is 1.69. The zero-order valence-electron chi connectivity index (χ0n) is 16.2. The van der Waals surface area contributed by atoms with Crippen LogP contribution in [-0.2, 0) is 20.5 Å². The lowest BCUT2D eigenvalue weighted by molar-refractivity contribution is 0.103. The highest BCUT2D eigenvalue weighted by atomic mass is 32.1. The number of hydrogen-bond acceptors (Lipinski definition) is 5. The summed E-state index contributed by atoms with van der Waals surface area (Å²) in [5.74, 6) is 0.787. The molecule has 0 aliphatic rings. The normalized spacial score (nSPS) is 11.4. The van der Waals surface area contributed by atoms with E-state index in [4.69, 9.17) is 0 Å². The Morgan fingerprint density at radius 1 is 1.29 bits per heavy atom. The summed E-state index contributed by atoms with van der Waals surface area (Å²) in [4.78, 5) is 35.2. The Kier molecular flexibility index (Phi) is 4.50. The van der Waals surface area contributed by atoms with E-state index in [1.807, 2.05) is 25.2 Å². The highest BCUT2D eigenvalue weighted by Gasteiger charge is 2.19. The molecule has 0 fully saturated rings. The monoisotopic (exact) mass is 395 g/mol. The molecule has 0 radical (unpaired) electrons. The van der Waals surface area contributed by atoms with Crippen molar-refractivity contribution < 1.29 is 4.79 Å². The van der Waals surface area contributed by atoms with E-state index in [2.05, 4.69) is 26.8 Å². The zero-order chi connectivity index (χ0) is 20.0. The number of amides is 1. The minimum Gasteiger partial charge on any atom is -0.331 e. The molecule has 28 heavy (non-hydrogen) atoms. The molecule has 1 amide bonds. The van der Waals surface area contributed by atoms with Gasteiger partial charge in [0.1, 0.15) is 10.7 Å². The second-order valence-corrected chi connectivity index (χ2v) is 7.89. The molecule has 0 saturated heterocycles. The molecular weight excluding hydrogens is 374 g/mol. The molecule has 3 aromatic heterocycles. The zero-order valence-corrected chi connectivity index (χ0v) is 17.1. The number of thiophene rings is 1. The van der Waals surface area contributed by atoms with Crippen molar-refractivity contribution in [2.45, 2.75) is 26.7 Å². The fraction of sp³-hybridized carbons (Fsp3) is 0.300. The maximum atomic E-state index is 12.8. The maximum absolute atomic E-state index is 12.8. The molecule has 0 bridgehead atoms. The first-order chi connectivity index (χ1) is 13.4. The lowest BCUT2D eigenvalue weighted by Gasteiger charge is -2.05. The minimum atomic E-state index is -0.244. The van der Waals surface area contributed by atoms with Crippen molar-refractivity contribution >= 4 is 44.2 Å². The van der Waals surface area contributed by atoms with Crippen LogP contribution in [0.1, 0.15) is 34.4 Å². The largest absolute Gasteiger partial charge is 0.331 e. The third-order valence-electron chi connectivity index (χ3n) is 4.92. The number of fused-ring (bicyclic) bond motifs is 2. The molecule has 0 aliphatic heterocycles. The summed E-state index contributed by atoms with van der Waals surface area (Å²) in [6.45, 7) is 3.91. The average molecular weight is 395 g/mol. The van der Waals surface area contributed by atoms with Crippen LogP contribution in [0.25, 0.3) is 21.3 Å². The maximum Gasteiger partial charge on any atom is 0.266 e. The van der Waals surface area contributed by atoms with Crippen molar-refractivity contribution in [3.63, 3.8) is 0 Å². The van der Waals surface area contributed by atoms with Gasteiger partial charge < -0.3 is 14.5 Å².